The Hall–Kier alpha value is -0.700. The lowest BCUT2D eigenvalue weighted by molar-refractivity contribution is 0.363. The topological polar surface area (TPSA) is 82.3 Å². The van der Waals surface area contributed by atoms with Gasteiger partial charge in [-0.1, -0.05) is 11.3 Å². The first kappa shape index (κ1) is 14.2. The molecule has 0 bridgehead atoms. The van der Waals surface area contributed by atoms with Gasteiger partial charge < -0.3 is 10.3 Å². The predicted octanol–water partition coefficient (Wildman–Crippen LogP) is 0.650. The molecule has 3 rings (SSSR count). The van der Waals surface area contributed by atoms with E-state index in [2.05, 4.69) is 10.3 Å². The van der Waals surface area contributed by atoms with E-state index in [1.54, 1.807) is 11.2 Å². The first-order valence-corrected chi connectivity index (χ1v) is 9.19. The minimum absolute atomic E-state index is 0.110. The molecule has 2 N–H and O–H groups in total. The third-order valence-corrected chi connectivity index (χ3v) is 7.34. The van der Waals surface area contributed by atoms with Gasteiger partial charge in [-0.3, -0.25) is 4.79 Å². The molecule has 0 aromatic carbocycles. The SMILES string of the molecule is Cc1[nH]c(=O)sc1S(=O)(=O)N(CC1CCCN1)C1CC1. The summed E-state index contributed by atoms with van der Waals surface area (Å²) < 4.78 is 27.3. The summed E-state index contributed by atoms with van der Waals surface area (Å²) in [6.07, 6.45) is 3.95. The molecule has 112 valence electrons. The van der Waals surface area contributed by atoms with E-state index in [4.69, 9.17) is 0 Å². The van der Waals surface area contributed by atoms with Crippen LogP contribution in [0.3, 0.4) is 0 Å². The number of sulfonamides is 1. The zero-order chi connectivity index (χ0) is 14.3. The van der Waals surface area contributed by atoms with E-state index in [1.165, 1.54) is 0 Å². The molecule has 2 fully saturated rings. The van der Waals surface area contributed by atoms with E-state index >= 15 is 0 Å². The monoisotopic (exact) mass is 317 g/mol. The molecule has 0 radical (unpaired) electrons. The molecule has 0 amide bonds. The number of aromatic nitrogens is 1. The average Bonchev–Trinajstić information content (AvgIpc) is 2.96. The summed E-state index contributed by atoms with van der Waals surface area (Å²) in [5.74, 6) is 0. The quantitative estimate of drug-likeness (QED) is 0.835. The smallest absolute Gasteiger partial charge is 0.305 e. The number of aromatic amines is 1. The molecule has 1 aromatic rings. The first-order chi connectivity index (χ1) is 9.48. The molecule has 1 aromatic heterocycles. The molecule has 1 saturated carbocycles. The van der Waals surface area contributed by atoms with Crippen molar-refractivity contribution in [1.82, 2.24) is 14.6 Å². The fourth-order valence-electron chi connectivity index (χ4n) is 2.68. The van der Waals surface area contributed by atoms with E-state index < -0.39 is 10.0 Å². The zero-order valence-electron chi connectivity index (χ0n) is 11.4. The number of aryl methyl sites for hydroxylation is 1. The molecule has 1 saturated heterocycles. The fraction of sp³-hybridized carbons (Fsp3) is 0.750. The summed E-state index contributed by atoms with van der Waals surface area (Å²) in [6, 6.07) is 0.348. The van der Waals surface area contributed by atoms with Gasteiger partial charge in [-0.05, 0) is 39.2 Å². The van der Waals surface area contributed by atoms with Crippen LogP contribution in [0.2, 0.25) is 0 Å². The Morgan fingerprint density at radius 3 is 2.60 bits per heavy atom. The Morgan fingerprint density at radius 2 is 2.10 bits per heavy atom. The molecule has 2 aliphatic rings. The van der Waals surface area contributed by atoms with Crippen LogP contribution in [0.25, 0.3) is 0 Å². The van der Waals surface area contributed by atoms with Crippen LogP contribution in [0.15, 0.2) is 9.00 Å². The van der Waals surface area contributed by atoms with E-state index in [0.29, 0.717) is 12.2 Å². The molecule has 1 unspecified atom stereocenters. The van der Waals surface area contributed by atoms with E-state index in [9.17, 15) is 13.2 Å². The predicted molar refractivity (Wildman–Crippen MR) is 77.6 cm³/mol. The second-order valence-corrected chi connectivity index (χ2v) is 8.60. The maximum absolute atomic E-state index is 12.8. The van der Waals surface area contributed by atoms with Crippen molar-refractivity contribution in [3.05, 3.63) is 15.4 Å². The lowest BCUT2D eigenvalue weighted by Gasteiger charge is -2.24. The number of rotatable bonds is 5. The Morgan fingerprint density at radius 1 is 1.35 bits per heavy atom. The maximum atomic E-state index is 12.8. The van der Waals surface area contributed by atoms with E-state index in [1.807, 2.05) is 0 Å². The van der Waals surface area contributed by atoms with Gasteiger partial charge in [0.2, 0.25) is 0 Å². The highest BCUT2D eigenvalue weighted by Gasteiger charge is 2.41. The molecule has 0 spiro atoms. The van der Waals surface area contributed by atoms with Gasteiger partial charge in [0, 0.05) is 24.3 Å². The van der Waals surface area contributed by atoms with Gasteiger partial charge in [0.05, 0.1) is 0 Å². The third kappa shape index (κ3) is 2.69. The van der Waals surface area contributed by atoms with Gasteiger partial charge in [0.25, 0.3) is 10.0 Å². The highest BCUT2D eigenvalue weighted by molar-refractivity contribution is 7.91. The van der Waals surface area contributed by atoms with E-state index in [-0.39, 0.29) is 21.2 Å². The second-order valence-electron chi connectivity index (χ2n) is 5.53. The van der Waals surface area contributed by atoms with Crippen molar-refractivity contribution in [2.75, 3.05) is 13.1 Å². The van der Waals surface area contributed by atoms with Gasteiger partial charge in [0.15, 0.2) is 4.21 Å². The van der Waals surface area contributed by atoms with Crippen molar-refractivity contribution in [3.8, 4) is 0 Å². The second kappa shape index (κ2) is 5.25. The standard InChI is InChI=1S/C12H19N3O3S2/c1-8-11(19-12(16)14-8)20(17,18)15(10-4-5-10)7-9-3-2-6-13-9/h9-10,13H,2-7H2,1H3,(H,14,16). The summed E-state index contributed by atoms with van der Waals surface area (Å²) in [5, 5.41) is 3.34. The average molecular weight is 317 g/mol. The minimum atomic E-state index is -3.55. The normalized spacial score (nSPS) is 23.6. The summed E-state index contributed by atoms with van der Waals surface area (Å²) in [7, 11) is -3.55. The van der Waals surface area contributed by atoms with Crippen LogP contribution in [0.1, 0.15) is 31.4 Å². The summed E-state index contributed by atoms with van der Waals surface area (Å²) in [6.45, 7) is 3.11. The van der Waals surface area contributed by atoms with Crippen molar-refractivity contribution in [1.29, 1.82) is 0 Å². The highest BCUT2D eigenvalue weighted by atomic mass is 32.2. The van der Waals surface area contributed by atoms with Crippen LogP contribution in [-0.4, -0.2) is 42.9 Å². The van der Waals surface area contributed by atoms with Crippen LogP contribution in [-0.2, 0) is 10.0 Å². The van der Waals surface area contributed by atoms with Crippen molar-refractivity contribution in [2.45, 2.75) is 48.9 Å². The molecule has 6 nitrogen and oxygen atoms in total. The number of thiazole rings is 1. The summed E-state index contributed by atoms with van der Waals surface area (Å²) >= 11 is 0.792. The number of hydrogen-bond acceptors (Lipinski definition) is 5. The maximum Gasteiger partial charge on any atom is 0.305 e. The lowest BCUT2D eigenvalue weighted by Crippen LogP contribution is -2.42. The molecular formula is C12H19N3O3S2. The Balaban J connectivity index is 1.89. The van der Waals surface area contributed by atoms with Crippen LogP contribution >= 0.6 is 11.3 Å². The van der Waals surface area contributed by atoms with Gasteiger partial charge in [-0.2, -0.15) is 4.31 Å². The molecule has 2 heterocycles. The number of nitrogens with zero attached hydrogens (tertiary/aromatic N) is 1. The number of hydrogen-bond donors (Lipinski definition) is 2. The van der Waals surface area contributed by atoms with Crippen molar-refractivity contribution in [2.24, 2.45) is 0 Å². The summed E-state index contributed by atoms with van der Waals surface area (Å²) in [4.78, 5) is 13.6. The fourth-order valence-corrected chi connectivity index (χ4v) is 5.82. The van der Waals surface area contributed by atoms with Crippen molar-refractivity contribution >= 4 is 21.4 Å². The van der Waals surface area contributed by atoms with Crippen LogP contribution in [0.4, 0.5) is 0 Å². The van der Waals surface area contributed by atoms with Gasteiger partial charge in [-0.15, -0.1) is 0 Å². The Labute approximate surface area is 122 Å². The number of H-pyrrole nitrogens is 1. The highest BCUT2D eigenvalue weighted by Crippen LogP contribution is 2.34. The van der Waals surface area contributed by atoms with Gasteiger partial charge in [0.1, 0.15) is 0 Å². The lowest BCUT2D eigenvalue weighted by atomic mass is 10.2. The molecule has 1 aliphatic carbocycles. The molecule has 20 heavy (non-hydrogen) atoms. The molecule has 8 heteroatoms. The van der Waals surface area contributed by atoms with Gasteiger partial charge in [-0.25, -0.2) is 8.42 Å². The largest absolute Gasteiger partial charge is 0.315 e. The van der Waals surface area contributed by atoms with Gasteiger partial charge >= 0.3 is 4.87 Å². The number of nitrogens with one attached hydrogen (secondary N) is 2. The van der Waals surface area contributed by atoms with Crippen molar-refractivity contribution < 1.29 is 8.42 Å². The van der Waals surface area contributed by atoms with E-state index in [0.717, 1.165) is 43.6 Å². The molecule has 1 aliphatic heterocycles. The third-order valence-electron chi connectivity index (χ3n) is 3.84. The Bertz CT molecular complexity index is 639. The minimum Gasteiger partial charge on any atom is -0.315 e. The Kier molecular flexibility index (Phi) is 3.74. The van der Waals surface area contributed by atoms with Crippen LogP contribution in [0, 0.1) is 6.92 Å². The zero-order valence-corrected chi connectivity index (χ0v) is 13.0. The summed E-state index contributed by atoms with van der Waals surface area (Å²) in [5.41, 5.74) is 0.449. The van der Waals surface area contributed by atoms with Crippen molar-refractivity contribution in [3.63, 3.8) is 0 Å². The first-order valence-electron chi connectivity index (χ1n) is 6.93. The van der Waals surface area contributed by atoms with Crippen LogP contribution < -0.4 is 10.2 Å². The molecule has 1 atom stereocenters. The van der Waals surface area contributed by atoms with Crippen LogP contribution in [0.5, 0.6) is 0 Å². The molecular weight excluding hydrogens is 298 g/mol.